The van der Waals surface area contributed by atoms with Crippen molar-refractivity contribution < 1.29 is 13.3 Å². The molecular formula is C14H15N5O4S. The Balaban J connectivity index is 1.80. The number of nitro groups is 1. The van der Waals surface area contributed by atoms with E-state index in [-0.39, 0.29) is 18.0 Å². The van der Waals surface area contributed by atoms with Crippen molar-refractivity contribution in [3.05, 3.63) is 52.8 Å². The quantitative estimate of drug-likeness (QED) is 0.595. The molecule has 0 aliphatic carbocycles. The van der Waals surface area contributed by atoms with Crippen molar-refractivity contribution in [2.75, 3.05) is 31.1 Å². The third kappa shape index (κ3) is 3.05. The molecule has 10 heteroatoms. The zero-order chi connectivity index (χ0) is 17.2. The lowest BCUT2D eigenvalue weighted by Gasteiger charge is -2.33. The number of benzene rings is 1. The first-order chi connectivity index (χ1) is 11.5. The number of hydrogen-bond donors (Lipinski definition) is 0. The summed E-state index contributed by atoms with van der Waals surface area (Å²) in [4.78, 5) is 20.3. The third-order valence-electron chi connectivity index (χ3n) is 3.75. The van der Waals surface area contributed by atoms with Crippen LogP contribution >= 0.6 is 0 Å². The molecule has 1 aliphatic heterocycles. The first-order valence-electron chi connectivity index (χ1n) is 7.25. The van der Waals surface area contributed by atoms with Crippen LogP contribution in [-0.2, 0) is 10.0 Å². The van der Waals surface area contributed by atoms with Crippen molar-refractivity contribution >= 4 is 21.7 Å². The fourth-order valence-corrected chi connectivity index (χ4v) is 4.13. The van der Waals surface area contributed by atoms with Gasteiger partial charge in [-0.1, -0.05) is 12.1 Å². The van der Waals surface area contributed by atoms with Crippen molar-refractivity contribution in [1.29, 1.82) is 0 Å². The second-order valence-corrected chi connectivity index (χ2v) is 7.07. The highest BCUT2D eigenvalue weighted by molar-refractivity contribution is 7.89. The highest BCUT2D eigenvalue weighted by atomic mass is 32.2. The highest BCUT2D eigenvalue weighted by Gasteiger charge is 2.33. The third-order valence-corrected chi connectivity index (χ3v) is 5.70. The first kappa shape index (κ1) is 16.3. The van der Waals surface area contributed by atoms with Crippen LogP contribution in [0.4, 0.5) is 11.6 Å². The average Bonchev–Trinajstić information content (AvgIpc) is 2.62. The van der Waals surface area contributed by atoms with Gasteiger partial charge in [-0.3, -0.25) is 10.1 Å². The number of nitro benzene ring substituents is 1. The summed E-state index contributed by atoms with van der Waals surface area (Å²) in [5, 5.41) is 11.1. The molecule has 0 atom stereocenters. The van der Waals surface area contributed by atoms with Crippen molar-refractivity contribution in [2.24, 2.45) is 0 Å². The number of rotatable bonds is 4. The van der Waals surface area contributed by atoms with Gasteiger partial charge in [-0.15, -0.1) is 0 Å². The SMILES string of the molecule is O=[N+]([O-])c1ccccc1S(=O)(=O)N1CCN(c2ncccn2)CC1. The van der Waals surface area contributed by atoms with Crippen LogP contribution in [0, 0.1) is 10.1 Å². The number of sulfonamides is 1. The molecule has 2 aromatic rings. The molecule has 1 saturated heterocycles. The number of aromatic nitrogens is 2. The normalized spacial score (nSPS) is 16.1. The molecule has 1 aliphatic rings. The summed E-state index contributed by atoms with van der Waals surface area (Å²) in [5.41, 5.74) is -0.411. The Bertz CT molecular complexity index is 835. The van der Waals surface area contributed by atoms with E-state index in [2.05, 4.69) is 9.97 Å². The molecule has 0 saturated carbocycles. The van der Waals surface area contributed by atoms with Crippen molar-refractivity contribution in [2.45, 2.75) is 4.90 Å². The standard InChI is InChI=1S/C14H15N5O4S/c20-19(21)12-4-1-2-5-13(12)24(22,23)18-10-8-17(9-11-18)14-15-6-3-7-16-14/h1-7H,8-11H2. The maximum Gasteiger partial charge on any atom is 0.289 e. The van der Waals surface area contributed by atoms with Gasteiger partial charge >= 0.3 is 0 Å². The zero-order valence-corrected chi connectivity index (χ0v) is 13.5. The fraction of sp³-hybridized carbons (Fsp3) is 0.286. The summed E-state index contributed by atoms with van der Waals surface area (Å²) in [5.74, 6) is 0.542. The van der Waals surface area contributed by atoms with Crippen LogP contribution in [0.3, 0.4) is 0 Å². The van der Waals surface area contributed by atoms with E-state index in [1.54, 1.807) is 18.5 Å². The van der Waals surface area contributed by atoms with E-state index in [9.17, 15) is 18.5 Å². The Labute approximate surface area is 138 Å². The van der Waals surface area contributed by atoms with E-state index < -0.39 is 20.6 Å². The van der Waals surface area contributed by atoms with Crippen molar-refractivity contribution in [3.8, 4) is 0 Å². The molecule has 0 spiro atoms. The van der Waals surface area contributed by atoms with Gasteiger partial charge in [-0.2, -0.15) is 4.31 Å². The monoisotopic (exact) mass is 349 g/mol. The molecule has 1 aromatic carbocycles. The van der Waals surface area contributed by atoms with Gasteiger partial charge in [0, 0.05) is 44.6 Å². The lowest BCUT2D eigenvalue weighted by molar-refractivity contribution is -0.387. The maximum absolute atomic E-state index is 12.7. The smallest absolute Gasteiger partial charge is 0.289 e. The van der Waals surface area contributed by atoms with E-state index in [1.807, 2.05) is 4.90 Å². The van der Waals surface area contributed by atoms with Crippen molar-refractivity contribution in [3.63, 3.8) is 0 Å². The van der Waals surface area contributed by atoms with Crippen LogP contribution in [0.2, 0.25) is 0 Å². The van der Waals surface area contributed by atoms with Crippen LogP contribution in [-0.4, -0.2) is 53.8 Å². The maximum atomic E-state index is 12.7. The molecule has 2 heterocycles. The van der Waals surface area contributed by atoms with Crippen molar-refractivity contribution in [1.82, 2.24) is 14.3 Å². The van der Waals surface area contributed by atoms with Crippen LogP contribution < -0.4 is 4.90 Å². The number of piperazine rings is 1. The van der Waals surface area contributed by atoms with E-state index in [0.717, 1.165) is 0 Å². The van der Waals surface area contributed by atoms with Crippen LogP contribution in [0.1, 0.15) is 0 Å². The van der Waals surface area contributed by atoms with Gasteiger partial charge in [-0.25, -0.2) is 18.4 Å². The fourth-order valence-electron chi connectivity index (χ4n) is 2.55. The minimum atomic E-state index is -3.92. The predicted octanol–water partition coefficient (Wildman–Crippen LogP) is 0.896. The first-order valence-corrected chi connectivity index (χ1v) is 8.69. The van der Waals surface area contributed by atoms with Crippen LogP contribution in [0.5, 0.6) is 0 Å². The summed E-state index contributed by atoms with van der Waals surface area (Å²) >= 11 is 0. The van der Waals surface area contributed by atoms with Gasteiger partial charge in [0.05, 0.1) is 4.92 Å². The molecule has 126 valence electrons. The van der Waals surface area contributed by atoms with E-state index in [0.29, 0.717) is 19.0 Å². The Kier molecular flexibility index (Phi) is 4.40. The van der Waals surface area contributed by atoms with E-state index in [1.165, 1.54) is 28.6 Å². The van der Waals surface area contributed by atoms with E-state index >= 15 is 0 Å². The molecule has 3 rings (SSSR count). The van der Waals surface area contributed by atoms with Gasteiger partial charge in [-0.05, 0) is 12.1 Å². The number of anilines is 1. The van der Waals surface area contributed by atoms with E-state index in [4.69, 9.17) is 0 Å². The van der Waals surface area contributed by atoms with Gasteiger partial charge in [0.15, 0.2) is 4.90 Å². The number of nitrogens with zero attached hydrogens (tertiary/aromatic N) is 5. The molecule has 0 radical (unpaired) electrons. The predicted molar refractivity (Wildman–Crippen MR) is 86.1 cm³/mol. The molecule has 0 bridgehead atoms. The summed E-state index contributed by atoms with van der Waals surface area (Å²) in [6.45, 7) is 1.27. The second-order valence-electron chi connectivity index (χ2n) is 5.16. The molecule has 0 amide bonds. The molecule has 0 N–H and O–H groups in total. The van der Waals surface area contributed by atoms with Gasteiger partial charge in [0.2, 0.25) is 16.0 Å². The summed E-state index contributed by atoms with van der Waals surface area (Å²) in [6, 6.07) is 7.09. The Morgan fingerprint density at radius 3 is 2.25 bits per heavy atom. The molecule has 1 fully saturated rings. The summed E-state index contributed by atoms with van der Waals surface area (Å²) in [7, 11) is -3.92. The second kappa shape index (κ2) is 6.49. The van der Waals surface area contributed by atoms with Gasteiger partial charge in [0.1, 0.15) is 0 Å². The number of para-hydroxylation sites is 1. The minimum Gasteiger partial charge on any atom is -0.338 e. The minimum absolute atomic E-state index is 0.215. The highest BCUT2D eigenvalue weighted by Crippen LogP contribution is 2.27. The Morgan fingerprint density at radius 2 is 1.62 bits per heavy atom. The lowest BCUT2D eigenvalue weighted by atomic mass is 10.3. The lowest BCUT2D eigenvalue weighted by Crippen LogP contribution is -2.49. The number of hydrogen-bond acceptors (Lipinski definition) is 7. The molecule has 0 unspecified atom stereocenters. The average molecular weight is 349 g/mol. The van der Waals surface area contributed by atoms with Gasteiger partial charge in [0.25, 0.3) is 5.69 Å². The largest absolute Gasteiger partial charge is 0.338 e. The zero-order valence-electron chi connectivity index (χ0n) is 12.6. The summed E-state index contributed by atoms with van der Waals surface area (Å²) < 4.78 is 26.7. The topological polar surface area (TPSA) is 110 Å². The van der Waals surface area contributed by atoms with Crippen LogP contribution in [0.15, 0.2) is 47.6 Å². The van der Waals surface area contributed by atoms with Crippen LogP contribution in [0.25, 0.3) is 0 Å². The molecule has 1 aromatic heterocycles. The Hall–Kier alpha value is -2.59. The Morgan fingerprint density at radius 1 is 1.00 bits per heavy atom. The molecule has 24 heavy (non-hydrogen) atoms. The molecular weight excluding hydrogens is 334 g/mol. The summed E-state index contributed by atoms with van der Waals surface area (Å²) in [6.07, 6.45) is 3.25. The van der Waals surface area contributed by atoms with Gasteiger partial charge < -0.3 is 4.90 Å². The molecule has 9 nitrogen and oxygen atoms in total.